The van der Waals surface area contributed by atoms with Crippen molar-refractivity contribution in [2.45, 2.75) is 14.1 Å². The Morgan fingerprint density at radius 1 is 0.848 bits per heavy atom. The number of hydrogen-bond acceptors (Lipinski definition) is 7. The molecule has 2 fully saturated rings. The lowest BCUT2D eigenvalue weighted by molar-refractivity contribution is -0.154. The minimum absolute atomic E-state index is 0.0474. The molecule has 238 valence electrons. The van der Waals surface area contributed by atoms with Crippen LogP contribution in [0.15, 0.2) is 70.0 Å². The Morgan fingerprint density at radius 2 is 1.43 bits per heavy atom. The lowest BCUT2D eigenvalue weighted by atomic mass is 9.84. The lowest BCUT2D eigenvalue weighted by Crippen LogP contribution is -2.56. The molecule has 4 atom stereocenters. The maximum atomic E-state index is 14.1. The SMILES string of the molecule is O=C(CN(C(=O)c1ccc(Cl)cc1Cl)N1C(=O)[C@@H]2[C@H](C1=O)[C@@]1(Cl)C(Cl)=C(Cl)[C@@]2(Cl)C1(Cl)Cl)c1ccc(OC(=O)c2cccs2)cc1. The number of thiophene rings is 1. The summed E-state index contributed by atoms with van der Waals surface area (Å²) in [4.78, 5) is 64.1. The second kappa shape index (κ2) is 11.8. The number of carbonyl (C=O) groups excluding carboxylic acids is 5. The topological polar surface area (TPSA) is 101 Å². The number of alkyl halides is 4. The molecular formula is C29H14Cl8N2O6S. The molecule has 1 aliphatic heterocycles. The van der Waals surface area contributed by atoms with Crippen molar-refractivity contribution in [3.63, 3.8) is 0 Å². The molecule has 0 spiro atoms. The van der Waals surface area contributed by atoms with E-state index in [0.717, 1.165) is 0 Å². The van der Waals surface area contributed by atoms with Gasteiger partial charge in [0.05, 0.1) is 32.5 Å². The van der Waals surface area contributed by atoms with Crippen LogP contribution >= 0.6 is 104 Å². The van der Waals surface area contributed by atoms with Crippen LogP contribution in [0.2, 0.25) is 10.0 Å². The van der Waals surface area contributed by atoms with Gasteiger partial charge in [-0.15, -0.1) is 34.5 Å². The number of ether oxygens (including phenoxy) is 1. The average molecular weight is 802 g/mol. The molecule has 6 rings (SSSR count). The standard InChI is InChI=1S/C29H14Cl8N2O6S/c30-13-5-8-15(16(31)10-13)23(41)38(11-17(40)12-3-6-14(7-4-12)45-26(44)18-2-1-9-46-18)39-24(42)19-20(25(39)43)28(35)22(33)21(32)27(19,34)29(28,36)37/h1-10,19-20H,11H2/t19-,20+,27-,28-/m1/s1. The number of Topliss-reactive ketones (excluding diaryl/α,β-unsaturated/α-hetero) is 1. The van der Waals surface area contributed by atoms with Crippen LogP contribution in [0.4, 0.5) is 0 Å². The number of esters is 1. The highest BCUT2D eigenvalue weighted by molar-refractivity contribution is 7.12. The fraction of sp³-hybridized carbons (Fsp3) is 0.207. The van der Waals surface area contributed by atoms with Crippen LogP contribution in [-0.4, -0.2) is 60.1 Å². The molecule has 3 aliphatic rings. The molecule has 0 N–H and O–H groups in total. The van der Waals surface area contributed by atoms with Gasteiger partial charge in [-0.1, -0.05) is 75.7 Å². The molecule has 3 amide bonds. The maximum Gasteiger partial charge on any atom is 0.353 e. The first kappa shape index (κ1) is 33.8. The highest BCUT2D eigenvalue weighted by Gasteiger charge is 2.88. The number of benzene rings is 2. The van der Waals surface area contributed by atoms with Crippen LogP contribution in [0.1, 0.15) is 30.4 Å². The van der Waals surface area contributed by atoms with Crippen molar-refractivity contribution >= 4 is 134 Å². The second-order valence-corrected chi connectivity index (χ2v) is 15.4. The number of rotatable bonds is 7. The van der Waals surface area contributed by atoms with Crippen LogP contribution in [0.3, 0.4) is 0 Å². The van der Waals surface area contributed by atoms with Crippen LogP contribution < -0.4 is 4.74 Å². The number of allylic oxidation sites excluding steroid dienone is 2. The number of hydrazine groups is 1. The number of carbonyl (C=O) groups is 5. The number of halogens is 8. The maximum absolute atomic E-state index is 14.1. The molecule has 17 heteroatoms. The Kier molecular flexibility index (Phi) is 8.70. The number of amides is 3. The molecular weight excluding hydrogens is 788 g/mol. The van der Waals surface area contributed by atoms with E-state index in [-0.39, 0.29) is 37.0 Å². The third-order valence-electron chi connectivity index (χ3n) is 7.93. The van der Waals surface area contributed by atoms with E-state index in [1.54, 1.807) is 17.5 Å². The van der Waals surface area contributed by atoms with Gasteiger partial charge in [0.25, 0.3) is 17.7 Å². The predicted octanol–water partition coefficient (Wildman–Crippen LogP) is 7.96. The Hall–Kier alpha value is -2.05. The number of hydrogen-bond donors (Lipinski definition) is 0. The highest BCUT2D eigenvalue weighted by Crippen LogP contribution is 2.77. The van der Waals surface area contributed by atoms with E-state index in [1.807, 2.05) is 0 Å². The molecule has 2 aliphatic carbocycles. The number of ketones is 1. The summed E-state index contributed by atoms with van der Waals surface area (Å²) in [6.45, 7) is -0.838. The first-order valence-corrected chi connectivity index (χ1v) is 16.8. The largest absolute Gasteiger partial charge is 0.422 e. The third-order valence-corrected chi connectivity index (χ3v) is 13.6. The highest BCUT2D eigenvalue weighted by atomic mass is 35.5. The van der Waals surface area contributed by atoms with Crippen LogP contribution in [0.25, 0.3) is 0 Å². The minimum Gasteiger partial charge on any atom is -0.422 e. The van der Waals surface area contributed by atoms with Gasteiger partial charge in [0.1, 0.15) is 26.9 Å². The van der Waals surface area contributed by atoms with Crippen molar-refractivity contribution in [1.29, 1.82) is 0 Å². The van der Waals surface area contributed by atoms with Crippen molar-refractivity contribution in [2.24, 2.45) is 11.8 Å². The minimum atomic E-state index is -2.21. The molecule has 1 saturated heterocycles. The Balaban J connectivity index is 1.35. The Morgan fingerprint density at radius 3 is 1.96 bits per heavy atom. The van der Waals surface area contributed by atoms with Gasteiger partial charge in [0, 0.05) is 10.6 Å². The summed E-state index contributed by atoms with van der Waals surface area (Å²) in [7, 11) is 0. The van der Waals surface area contributed by atoms with Gasteiger partial charge in [-0.05, 0) is 53.9 Å². The summed E-state index contributed by atoms with van der Waals surface area (Å²) in [5.41, 5.74) is -0.138. The summed E-state index contributed by atoms with van der Waals surface area (Å²) < 4.78 is 3.12. The normalized spacial score (nSPS) is 26.0. The van der Waals surface area contributed by atoms with Crippen molar-refractivity contribution in [3.05, 3.63) is 96.1 Å². The van der Waals surface area contributed by atoms with Crippen molar-refractivity contribution < 1.29 is 28.7 Å². The zero-order valence-corrected chi connectivity index (χ0v) is 29.3. The molecule has 1 saturated carbocycles. The predicted molar refractivity (Wildman–Crippen MR) is 177 cm³/mol. The van der Waals surface area contributed by atoms with E-state index >= 15 is 0 Å². The molecule has 0 radical (unpaired) electrons. The molecule has 8 nitrogen and oxygen atoms in total. The van der Waals surface area contributed by atoms with Crippen LogP contribution in [-0.2, 0) is 9.59 Å². The van der Waals surface area contributed by atoms with Gasteiger partial charge < -0.3 is 4.74 Å². The van der Waals surface area contributed by atoms with Crippen LogP contribution in [0.5, 0.6) is 5.75 Å². The van der Waals surface area contributed by atoms with Gasteiger partial charge in [-0.2, -0.15) is 5.01 Å². The van der Waals surface area contributed by atoms with E-state index in [1.165, 1.54) is 53.8 Å². The molecule has 2 heterocycles. The third kappa shape index (κ3) is 4.73. The second-order valence-electron chi connectivity index (χ2n) is 10.4. The Bertz CT molecular complexity index is 1840. The molecule has 46 heavy (non-hydrogen) atoms. The van der Waals surface area contributed by atoms with Gasteiger partial charge in [-0.25, -0.2) is 9.80 Å². The van der Waals surface area contributed by atoms with Crippen LogP contribution in [0, 0.1) is 11.8 Å². The smallest absolute Gasteiger partial charge is 0.353 e. The molecule has 0 unspecified atom stereocenters. The van der Waals surface area contributed by atoms with Gasteiger partial charge in [0.15, 0.2) is 10.1 Å². The lowest BCUT2D eigenvalue weighted by Gasteiger charge is -2.36. The summed E-state index contributed by atoms with van der Waals surface area (Å²) in [6.07, 6.45) is 0. The van der Waals surface area contributed by atoms with E-state index in [9.17, 15) is 24.0 Å². The number of fused-ring (bicyclic) bond motifs is 5. The zero-order valence-electron chi connectivity index (χ0n) is 22.4. The zero-order chi connectivity index (χ0) is 33.5. The monoisotopic (exact) mass is 798 g/mol. The summed E-state index contributed by atoms with van der Waals surface area (Å²) >= 11 is 53.1. The molecule has 2 bridgehead atoms. The summed E-state index contributed by atoms with van der Waals surface area (Å²) in [5, 5.41) is 2.24. The summed E-state index contributed by atoms with van der Waals surface area (Å²) in [6, 6.07) is 12.6. The average Bonchev–Trinajstić information content (AvgIpc) is 3.69. The molecule has 1 aromatic heterocycles. The van der Waals surface area contributed by atoms with Gasteiger partial charge in [0.2, 0.25) is 0 Å². The summed E-state index contributed by atoms with van der Waals surface area (Å²) in [5.74, 6) is -7.39. The Labute approximate surface area is 304 Å². The van der Waals surface area contributed by atoms with Crippen molar-refractivity contribution in [1.82, 2.24) is 10.0 Å². The number of nitrogens with zero attached hydrogens (tertiary/aromatic N) is 2. The van der Waals surface area contributed by atoms with Crippen molar-refractivity contribution in [2.75, 3.05) is 6.54 Å². The molecule has 3 aromatic rings. The molecule has 2 aromatic carbocycles. The quantitative estimate of drug-likeness (QED) is 0.0791. The van der Waals surface area contributed by atoms with E-state index in [2.05, 4.69) is 0 Å². The van der Waals surface area contributed by atoms with E-state index in [4.69, 9.17) is 97.5 Å². The van der Waals surface area contributed by atoms with E-state index < -0.39 is 61.9 Å². The first-order chi connectivity index (χ1) is 21.6. The van der Waals surface area contributed by atoms with E-state index in [0.29, 0.717) is 14.9 Å². The van der Waals surface area contributed by atoms with Crippen molar-refractivity contribution in [3.8, 4) is 5.75 Å². The fourth-order valence-electron chi connectivity index (χ4n) is 5.74. The fourth-order valence-corrected chi connectivity index (χ4v) is 9.76. The first-order valence-electron chi connectivity index (χ1n) is 12.9. The number of imide groups is 1. The van der Waals surface area contributed by atoms with Gasteiger partial charge >= 0.3 is 5.97 Å². The van der Waals surface area contributed by atoms with Gasteiger partial charge in [-0.3, -0.25) is 19.2 Å².